The largest absolute Gasteiger partial charge is 0.504 e. The predicted molar refractivity (Wildman–Crippen MR) is 61.3 cm³/mol. The van der Waals surface area contributed by atoms with Crippen LogP contribution in [0.3, 0.4) is 0 Å². The quantitative estimate of drug-likeness (QED) is 0.486. The van der Waals surface area contributed by atoms with Crippen molar-refractivity contribution >= 4 is 8.80 Å². The van der Waals surface area contributed by atoms with Crippen molar-refractivity contribution in [3.8, 4) is 0 Å². The summed E-state index contributed by atoms with van der Waals surface area (Å²) in [5.41, 5.74) is 1.35. The van der Waals surface area contributed by atoms with Gasteiger partial charge in [0.15, 0.2) is 0 Å². The Kier molecular flexibility index (Phi) is 7.69. The minimum atomic E-state index is -2.56. The van der Waals surface area contributed by atoms with Crippen LogP contribution in [0, 0.1) is 6.08 Å². The second-order valence-electron chi connectivity index (χ2n) is 3.42. The topological polar surface area (TPSA) is 27.7 Å². The van der Waals surface area contributed by atoms with Crippen molar-refractivity contribution in [2.75, 3.05) is 21.3 Å². The molecule has 0 radical (unpaired) electrons. The molecule has 0 fully saturated rings. The van der Waals surface area contributed by atoms with E-state index in [2.05, 4.69) is 25.2 Å². The van der Waals surface area contributed by atoms with Crippen molar-refractivity contribution < 1.29 is 34.3 Å². The first-order valence-electron chi connectivity index (χ1n) is 5.16. The minimum Gasteiger partial charge on any atom is -0.377 e. The van der Waals surface area contributed by atoms with Crippen LogP contribution in [0.15, 0.2) is 17.7 Å². The van der Waals surface area contributed by atoms with E-state index in [0.717, 1.165) is 18.4 Å². The molecule has 1 rings (SSSR count). The van der Waals surface area contributed by atoms with E-state index >= 15 is 0 Å². The third-order valence-corrected chi connectivity index (χ3v) is 6.07. The molecule has 5 heteroatoms. The van der Waals surface area contributed by atoms with Gasteiger partial charge in [-0.25, -0.2) is 11.6 Å². The van der Waals surface area contributed by atoms with E-state index in [1.165, 1.54) is 0 Å². The van der Waals surface area contributed by atoms with E-state index in [-0.39, 0.29) is 26.6 Å². The van der Waals surface area contributed by atoms with Crippen LogP contribution in [-0.4, -0.2) is 30.1 Å². The molecular weight excluding hydrogens is 403 g/mol. The standard InChI is InChI=1S/C11H19O3Si.Pt/c1-5-11(10-8-6-7-9-10)15(12-2,13-3)14-4;/h6,8,11H,5,7H2,1-4H3;/q-1;. The Hall–Kier alpha value is 0.265. The monoisotopic (exact) mass is 422 g/mol. The first kappa shape index (κ1) is 16.3. The molecule has 0 heterocycles. The van der Waals surface area contributed by atoms with Crippen molar-refractivity contribution in [2.45, 2.75) is 25.3 Å². The van der Waals surface area contributed by atoms with Gasteiger partial charge in [-0.2, -0.15) is 6.08 Å². The molecule has 0 N–H and O–H groups in total. The van der Waals surface area contributed by atoms with Gasteiger partial charge in [-0.05, 0) is 6.42 Å². The van der Waals surface area contributed by atoms with Crippen LogP contribution in [0.2, 0.25) is 5.54 Å². The Bertz CT molecular complexity index is 254. The number of allylic oxidation sites excluding steroid dienone is 4. The molecule has 1 aliphatic carbocycles. The number of hydrogen-bond acceptors (Lipinski definition) is 3. The van der Waals surface area contributed by atoms with Gasteiger partial charge in [0.1, 0.15) is 0 Å². The summed E-state index contributed by atoms with van der Waals surface area (Å²) in [7, 11) is 2.40. The van der Waals surface area contributed by atoms with E-state index < -0.39 is 8.80 Å². The molecule has 0 aromatic carbocycles. The second-order valence-corrected chi connectivity index (χ2v) is 6.54. The first-order valence-corrected chi connectivity index (χ1v) is 6.97. The van der Waals surface area contributed by atoms with Gasteiger partial charge in [-0.15, -0.1) is 6.42 Å². The molecule has 0 saturated heterocycles. The van der Waals surface area contributed by atoms with Gasteiger partial charge < -0.3 is 13.3 Å². The fourth-order valence-corrected chi connectivity index (χ4v) is 4.43. The van der Waals surface area contributed by atoms with Crippen molar-refractivity contribution in [1.82, 2.24) is 0 Å². The van der Waals surface area contributed by atoms with E-state index in [1.54, 1.807) is 21.3 Å². The van der Waals surface area contributed by atoms with Gasteiger partial charge in [0.2, 0.25) is 0 Å². The van der Waals surface area contributed by atoms with Crippen LogP contribution in [0.1, 0.15) is 19.8 Å². The molecule has 16 heavy (non-hydrogen) atoms. The number of rotatable bonds is 6. The Morgan fingerprint density at radius 1 is 1.31 bits per heavy atom. The van der Waals surface area contributed by atoms with Crippen LogP contribution in [0.25, 0.3) is 0 Å². The fraction of sp³-hybridized carbons (Fsp3) is 0.636. The summed E-state index contributed by atoms with van der Waals surface area (Å²) in [5.74, 6) is 0. The van der Waals surface area contributed by atoms with E-state index in [4.69, 9.17) is 13.3 Å². The summed E-state index contributed by atoms with van der Waals surface area (Å²) in [6.45, 7) is 2.12. The summed E-state index contributed by atoms with van der Waals surface area (Å²) in [5, 5.41) is 0. The van der Waals surface area contributed by atoms with Crippen molar-refractivity contribution in [3.05, 3.63) is 23.8 Å². The van der Waals surface area contributed by atoms with Crippen LogP contribution in [0.4, 0.5) is 0 Å². The molecule has 0 spiro atoms. The molecule has 0 bridgehead atoms. The number of hydrogen-bond donors (Lipinski definition) is 0. The fourth-order valence-electron chi connectivity index (χ4n) is 2.00. The van der Waals surface area contributed by atoms with Gasteiger partial charge in [-0.1, -0.05) is 6.92 Å². The average molecular weight is 422 g/mol. The molecule has 3 nitrogen and oxygen atoms in total. The Morgan fingerprint density at radius 3 is 2.19 bits per heavy atom. The Morgan fingerprint density at radius 2 is 1.88 bits per heavy atom. The summed E-state index contributed by atoms with van der Waals surface area (Å²) in [6.07, 6.45) is 9.32. The zero-order valence-corrected chi connectivity index (χ0v) is 13.5. The molecule has 1 aliphatic rings. The van der Waals surface area contributed by atoms with Gasteiger partial charge in [0, 0.05) is 47.9 Å². The SMILES string of the molecule is CCC(C1=[C-]CC=C1)[Si](OC)(OC)OC.[Pt]. The maximum atomic E-state index is 5.50. The van der Waals surface area contributed by atoms with Crippen LogP contribution in [0.5, 0.6) is 0 Å². The average Bonchev–Trinajstić information content (AvgIpc) is 2.79. The predicted octanol–water partition coefficient (Wildman–Crippen LogP) is 2.33. The first-order chi connectivity index (χ1) is 7.24. The molecule has 0 amide bonds. The maximum absolute atomic E-state index is 5.50. The van der Waals surface area contributed by atoms with E-state index in [0.29, 0.717) is 0 Å². The van der Waals surface area contributed by atoms with Crippen LogP contribution >= 0.6 is 0 Å². The van der Waals surface area contributed by atoms with E-state index in [1.807, 2.05) is 0 Å². The molecule has 96 valence electrons. The van der Waals surface area contributed by atoms with E-state index in [9.17, 15) is 0 Å². The Labute approximate surface area is 113 Å². The van der Waals surface area contributed by atoms with Crippen molar-refractivity contribution in [2.24, 2.45) is 0 Å². The van der Waals surface area contributed by atoms with Crippen molar-refractivity contribution in [3.63, 3.8) is 0 Å². The smallest absolute Gasteiger partial charge is 0.377 e. The molecule has 0 saturated carbocycles. The second kappa shape index (κ2) is 7.56. The van der Waals surface area contributed by atoms with Crippen LogP contribution < -0.4 is 0 Å². The molecule has 1 atom stereocenters. The zero-order chi connectivity index (χ0) is 11.3. The summed E-state index contributed by atoms with van der Waals surface area (Å²) in [6, 6.07) is 0. The third kappa shape index (κ3) is 3.14. The summed E-state index contributed by atoms with van der Waals surface area (Å²) >= 11 is 0. The minimum absolute atomic E-state index is 0. The van der Waals surface area contributed by atoms with Gasteiger partial charge in [-0.3, -0.25) is 6.08 Å². The normalized spacial score (nSPS) is 16.9. The van der Waals surface area contributed by atoms with Crippen molar-refractivity contribution in [1.29, 1.82) is 0 Å². The van der Waals surface area contributed by atoms with Crippen LogP contribution in [-0.2, 0) is 34.3 Å². The van der Waals surface area contributed by atoms with Gasteiger partial charge in [0.05, 0.1) is 0 Å². The van der Waals surface area contributed by atoms with Gasteiger partial charge >= 0.3 is 8.80 Å². The summed E-state index contributed by atoms with van der Waals surface area (Å²) in [4.78, 5) is 0. The molecule has 0 aromatic rings. The van der Waals surface area contributed by atoms with Gasteiger partial charge in [0.25, 0.3) is 0 Å². The molecular formula is C11H19O3PtSi-. The third-order valence-electron chi connectivity index (χ3n) is 2.79. The molecule has 0 aliphatic heterocycles. The molecule has 0 aromatic heterocycles. The molecule has 1 unspecified atom stereocenters. The summed E-state index contributed by atoms with van der Waals surface area (Å²) < 4.78 is 16.5. The zero-order valence-electron chi connectivity index (χ0n) is 10.2. The Balaban J connectivity index is 0.00000225. The maximum Gasteiger partial charge on any atom is 0.504 e.